The molecule has 0 aliphatic rings. The number of para-hydroxylation sites is 1. The lowest BCUT2D eigenvalue weighted by Crippen LogP contribution is -2.26. The monoisotopic (exact) mass is 291 g/mol. The quantitative estimate of drug-likeness (QED) is 0.850. The molecule has 0 bridgehead atoms. The molecule has 1 aromatic heterocycles. The predicted octanol–water partition coefficient (Wildman–Crippen LogP) is 3.04. The van der Waals surface area contributed by atoms with Crippen molar-refractivity contribution in [2.24, 2.45) is 0 Å². The topological polar surface area (TPSA) is 38.8 Å². The fraction of sp³-hybridized carbons (Fsp3) is 0.267. The number of carbonyl (C=O) groups is 1. The van der Waals surface area contributed by atoms with Crippen LogP contribution >= 0.6 is 11.3 Å². The third kappa shape index (κ3) is 2.93. The van der Waals surface area contributed by atoms with E-state index < -0.39 is 0 Å². The number of hydrogen-bond acceptors (Lipinski definition) is 4. The standard InChI is InChI=1S/C15H17NO3S/c1-16(10-11-6-5-9-20-11)15(17)12-7-4-8-13(18-2)14(12)19-3/h4-9H,10H2,1-3H3. The molecule has 0 aliphatic carbocycles. The predicted molar refractivity (Wildman–Crippen MR) is 79.7 cm³/mol. The fourth-order valence-corrected chi connectivity index (χ4v) is 2.73. The van der Waals surface area contributed by atoms with Crippen molar-refractivity contribution in [3.8, 4) is 11.5 Å². The minimum atomic E-state index is -0.0887. The van der Waals surface area contributed by atoms with Crippen LogP contribution in [0.4, 0.5) is 0 Å². The van der Waals surface area contributed by atoms with Crippen molar-refractivity contribution in [1.29, 1.82) is 0 Å². The first kappa shape index (κ1) is 14.4. The summed E-state index contributed by atoms with van der Waals surface area (Å²) in [4.78, 5) is 15.3. The number of nitrogens with zero attached hydrogens (tertiary/aromatic N) is 1. The summed E-state index contributed by atoms with van der Waals surface area (Å²) in [5.41, 5.74) is 0.505. The van der Waals surface area contributed by atoms with Crippen molar-refractivity contribution in [1.82, 2.24) is 4.90 Å². The van der Waals surface area contributed by atoms with Gasteiger partial charge in [-0.1, -0.05) is 12.1 Å². The minimum Gasteiger partial charge on any atom is -0.493 e. The van der Waals surface area contributed by atoms with E-state index >= 15 is 0 Å². The van der Waals surface area contributed by atoms with E-state index in [2.05, 4.69) is 0 Å². The molecule has 2 aromatic rings. The molecule has 0 aliphatic heterocycles. The van der Waals surface area contributed by atoms with Gasteiger partial charge in [0.25, 0.3) is 5.91 Å². The maximum Gasteiger partial charge on any atom is 0.257 e. The highest BCUT2D eigenvalue weighted by molar-refractivity contribution is 7.09. The number of amides is 1. The SMILES string of the molecule is COc1cccc(C(=O)N(C)Cc2cccs2)c1OC. The zero-order chi connectivity index (χ0) is 14.5. The van der Waals surface area contributed by atoms with Crippen molar-refractivity contribution in [2.75, 3.05) is 21.3 Å². The number of hydrogen-bond donors (Lipinski definition) is 0. The summed E-state index contributed by atoms with van der Waals surface area (Å²) >= 11 is 1.63. The normalized spacial score (nSPS) is 10.2. The van der Waals surface area contributed by atoms with E-state index in [1.807, 2.05) is 17.5 Å². The van der Waals surface area contributed by atoms with Gasteiger partial charge in [-0.25, -0.2) is 0 Å². The zero-order valence-electron chi connectivity index (χ0n) is 11.8. The maximum absolute atomic E-state index is 12.5. The fourth-order valence-electron chi connectivity index (χ4n) is 1.97. The molecule has 0 saturated heterocycles. The highest BCUT2D eigenvalue weighted by Gasteiger charge is 2.19. The Balaban J connectivity index is 2.24. The second-order valence-corrected chi connectivity index (χ2v) is 5.31. The Morgan fingerprint density at radius 2 is 2.00 bits per heavy atom. The van der Waals surface area contributed by atoms with E-state index in [1.54, 1.807) is 48.6 Å². The highest BCUT2D eigenvalue weighted by atomic mass is 32.1. The van der Waals surface area contributed by atoms with E-state index in [9.17, 15) is 4.79 Å². The van der Waals surface area contributed by atoms with Gasteiger partial charge in [0.15, 0.2) is 11.5 Å². The van der Waals surface area contributed by atoms with Gasteiger partial charge < -0.3 is 14.4 Å². The zero-order valence-corrected chi connectivity index (χ0v) is 12.6. The van der Waals surface area contributed by atoms with Gasteiger partial charge in [0.2, 0.25) is 0 Å². The Morgan fingerprint density at radius 3 is 2.60 bits per heavy atom. The average molecular weight is 291 g/mol. The average Bonchev–Trinajstić information content (AvgIpc) is 2.98. The summed E-state index contributed by atoms with van der Waals surface area (Å²) in [6, 6.07) is 9.29. The molecule has 0 saturated carbocycles. The molecule has 0 fully saturated rings. The van der Waals surface area contributed by atoms with Gasteiger partial charge in [0, 0.05) is 11.9 Å². The van der Waals surface area contributed by atoms with Gasteiger partial charge in [0.05, 0.1) is 26.3 Å². The van der Waals surface area contributed by atoms with Gasteiger partial charge in [0.1, 0.15) is 0 Å². The number of ether oxygens (including phenoxy) is 2. The lowest BCUT2D eigenvalue weighted by Gasteiger charge is -2.19. The summed E-state index contributed by atoms with van der Waals surface area (Å²) < 4.78 is 10.5. The Hall–Kier alpha value is -2.01. The number of rotatable bonds is 5. The van der Waals surface area contributed by atoms with Crippen molar-refractivity contribution >= 4 is 17.2 Å². The van der Waals surface area contributed by atoms with E-state index in [0.717, 1.165) is 4.88 Å². The first-order chi connectivity index (χ1) is 9.67. The highest BCUT2D eigenvalue weighted by Crippen LogP contribution is 2.31. The Bertz CT molecular complexity index is 581. The van der Waals surface area contributed by atoms with Gasteiger partial charge >= 0.3 is 0 Å². The number of thiophene rings is 1. The molecule has 4 nitrogen and oxygen atoms in total. The van der Waals surface area contributed by atoms with Crippen molar-refractivity contribution in [3.05, 3.63) is 46.2 Å². The van der Waals surface area contributed by atoms with Crippen LogP contribution in [-0.4, -0.2) is 32.1 Å². The Labute approximate surface area is 122 Å². The van der Waals surface area contributed by atoms with E-state index in [4.69, 9.17) is 9.47 Å². The van der Waals surface area contributed by atoms with Gasteiger partial charge in [-0.2, -0.15) is 0 Å². The van der Waals surface area contributed by atoms with Gasteiger partial charge in [-0.3, -0.25) is 4.79 Å². The van der Waals surface area contributed by atoms with E-state index in [0.29, 0.717) is 23.6 Å². The molecule has 1 aromatic carbocycles. The first-order valence-electron chi connectivity index (χ1n) is 6.16. The largest absolute Gasteiger partial charge is 0.493 e. The Morgan fingerprint density at radius 1 is 1.20 bits per heavy atom. The van der Waals surface area contributed by atoms with Crippen molar-refractivity contribution in [2.45, 2.75) is 6.54 Å². The summed E-state index contributed by atoms with van der Waals surface area (Å²) in [7, 11) is 4.87. The van der Waals surface area contributed by atoms with Crippen LogP contribution in [0, 0.1) is 0 Å². The molecular weight excluding hydrogens is 274 g/mol. The maximum atomic E-state index is 12.5. The summed E-state index contributed by atoms with van der Waals surface area (Å²) in [6.45, 7) is 0.580. The molecule has 0 spiro atoms. The molecule has 0 unspecified atom stereocenters. The Kier molecular flexibility index (Phi) is 4.63. The molecule has 2 rings (SSSR count). The molecule has 0 N–H and O–H groups in total. The van der Waals surface area contributed by atoms with Crippen molar-refractivity contribution in [3.63, 3.8) is 0 Å². The van der Waals surface area contributed by atoms with Crippen LogP contribution in [0.1, 0.15) is 15.2 Å². The second kappa shape index (κ2) is 6.43. The molecule has 0 radical (unpaired) electrons. The van der Waals surface area contributed by atoms with Crippen LogP contribution in [-0.2, 0) is 6.54 Å². The van der Waals surface area contributed by atoms with Gasteiger partial charge in [-0.05, 0) is 23.6 Å². The first-order valence-corrected chi connectivity index (χ1v) is 7.04. The lowest BCUT2D eigenvalue weighted by atomic mass is 10.1. The van der Waals surface area contributed by atoms with Crippen LogP contribution in [0.5, 0.6) is 11.5 Å². The number of methoxy groups -OCH3 is 2. The van der Waals surface area contributed by atoms with E-state index in [-0.39, 0.29) is 5.91 Å². The smallest absolute Gasteiger partial charge is 0.257 e. The third-order valence-corrected chi connectivity index (χ3v) is 3.81. The second-order valence-electron chi connectivity index (χ2n) is 4.28. The van der Waals surface area contributed by atoms with Crippen LogP contribution in [0.25, 0.3) is 0 Å². The number of carbonyl (C=O) groups excluding carboxylic acids is 1. The third-order valence-electron chi connectivity index (χ3n) is 2.95. The summed E-state index contributed by atoms with van der Waals surface area (Å²) in [5.74, 6) is 0.940. The van der Waals surface area contributed by atoms with Crippen LogP contribution in [0.2, 0.25) is 0 Å². The van der Waals surface area contributed by atoms with Crippen LogP contribution in [0.3, 0.4) is 0 Å². The molecule has 106 valence electrons. The molecule has 1 amide bonds. The van der Waals surface area contributed by atoms with E-state index in [1.165, 1.54) is 7.11 Å². The molecule has 20 heavy (non-hydrogen) atoms. The van der Waals surface area contributed by atoms with Crippen LogP contribution < -0.4 is 9.47 Å². The van der Waals surface area contributed by atoms with Crippen LogP contribution in [0.15, 0.2) is 35.7 Å². The minimum absolute atomic E-state index is 0.0887. The van der Waals surface area contributed by atoms with Gasteiger partial charge in [-0.15, -0.1) is 11.3 Å². The molecule has 0 atom stereocenters. The van der Waals surface area contributed by atoms with Crippen molar-refractivity contribution < 1.29 is 14.3 Å². The number of benzene rings is 1. The summed E-state index contributed by atoms with van der Waals surface area (Å²) in [6.07, 6.45) is 0. The lowest BCUT2D eigenvalue weighted by molar-refractivity contribution is 0.0782. The summed E-state index contributed by atoms with van der Waals surface area (Å²) in [5, 5.41) is 2.00. The molecular formula is C15H17NO3S. The molecule has 5 heteroatoms. The molecule has 1 heterocycles.